The zero-order valence-electron chi connectivity index (χ0n) is 22.1. The number of hydrogen-bond acceptors (Lipinski definition) is 7. The van der Waals surface area contributed by atoms with Gasteiger partial charge >= 0.3 is 0 Å². The summed E-state index contributed by atoms with van der Waals surface area (Å²) < 4.78 is 0. The molecule has 1 aliphatic rings. The maximum Gasteiger partial charge on any atom is 0.255 e. The number of benzene rings is 2. The molecule has 0 bridgehead atoms. The molecule has 1 fully saturated rings. The summed E-state index contributed by atoms with van der Waals surface area (Å²) in [5.41, 5.74) is 7.18. The molecule has 1 saturated heterocycles. The Kier molecular flexibility index (Phi) is 7.72. The molecule has 8 heteroatoms. The number of pyridine rings is 1. The monoisotopic (exact) mass is 507 g/mol. The summed E-state index contributed by atoms with van der Waals surface area (Å²) in [5, 5.41) is 6.31. The molecule has 0 unspecified atom stereocenters. The van der Waals surface area contributed by atoms with Gasteiger partial charge in [0.25, 0.3) is 5.91 Å². The number of amides is 1. The zero-order chi connectivity index (χ0) is 26.5. The molecule has 1 amide bonds. The van der Waals surface area contributed by atoms with Gasteiger partial charge in [-0.2, -0.15) is 0 Å². The van der Waals surface area contributed by atoms with Gasteiger partial charge in [-0.05, 0) is 74.0 Å². The molecule has 2 N–H and O–H groups in total. The van der Waals surface area contributed by atoms with Crippen LogP contribution >= 0.6 is 0 Å². The fourth-order valence-corrected chi connectivity index (χ4v) is 4.46. The third-order valence-corrected chi connectivity index (χ3v) is 6.79. The molecule has 0 saturated carbocycles. The van der Waals surface area contributed by atoms with Crippen molar-refractivity contribution < 1.29 is 4.79 Å². The van der Waals surface area contributed by atoms with Gasteiger partial charge in [0.2, 0.25) is 5.95 Å². The molecule has 38 heavy (non-hydrogen) atoms. The average Bonchev–Trinajstić information content (AvgIpc) is 2.92. The van der Waals surface area contributed by atoms with E-state index in [-0.39, 0.29) is 5.91 Å². The highest BCUT2D eigenvalue weighted by Gasteiger charge is 2.14. The van der Waals surface area contributed by atoms with E-state index in [4.69, 9.17) is 0 Å². The Morgan fingerprint density at radius 2 is 1.74 bits per heavy atom. The Bertz CT molecular complexity index is 1410. The highest BCUT2D eigenvalue weighted by molar-refractivity contribution is 6.04. The summed E-state index contributed by atoms with van der Waals surface area (Å²) in [4.78, 5) is 31.1. The summed E-state index contributed by atoms with van der Waals surface area (Å²) in [6, 6.07) is 17.6. The van der Waals surface area contributed by atoms with E-state index in [0.29, 0.717) is 17.2 Å². The Labute approximate surface area is 223 Å². The molecule has 0 spiro atoms. The number of carbonyl (C=O) groups is 1. The molecular weight excluding hydrogens is 474 g/mol. The summed E-state index contributed by atoms with van der Waals surface area (Å²) in [5.74, 6) is 0.336. The van der Waals surface area contributed by atoms with Gasteiger partial charge in [-0.3, -0.25) is 14.7 Å². The Balaban J connectivity index is 1.24. The number of hydrogen-bond donors (Lipinski definition) is 2. The van der Waals surface area contributed by atoms with Gasteiger partial charge in [-0.1, -0.05) is 18.2 Å². The maximum absolute atomic E-state index is 13.0. The standard InChI is InChI=1S/C30H33N7O/c1-21-16-25(19-31-18-21)27-10-11-32-30(34-27)35-28-17-26(9-4-22(28)2)33-29(38)24-7-5-23(6-8-24)20-37-14-12-36(3)13-15-37/h4-11,16-19H,12-15,20H2,1-3H3,(H,33,38)(H,32,34,35). The highest BCUT2D eigenvalue weighted by Crippen LogP contribution is 2.25. The van der Waals surface area contributed by atoms with E-state index < -0.39 is 0 Å². The van der Waals surface area contributed by atoms with Crippen LogP contribution in [0.4, 0.5) is 17.3 Å². The quantitative estimate of drug-likeness (QED) is 0.368. The topological polar surface area (TPSA) is 86.3 Å². The van der Waals surface area contributed by atoms with E-state index in [0.717, 1.165) is 60.8 Å². The molecule has 4 aromatic rings. The van der Waals surface area contributed by atoms with Gasteiger partial charge in [0, 0.05) is 73.8 Å². The van der Waals surface area contributed by atoms with Crippen LogP contribution in [0.5, 0.6) is 0 Å². The minimum Gasteiger partial charge on any atom is -0.324 e. The lowest BCUT2D eigenvalue weighted by Gasteiger charge is -2.32. The Hall–Kier alpha value is -4.14. The third-order valence-electron chi connectivity index (χ3n) is 6.79. The van der Waals surface area contributed by atoms with Crippen LogP contribution in [0, 0.1) is 13.8 Å². The van der Waals surface area contributed by atoms with Gasteiger partial charge in [0.15, 0.2) is 0 Å². The van der Waals surface area contributed by atoms with Crippen LogP contribution < -0.4 is 10.6 Å². The van der Waals surface area contributed by atoms with Crippen molar-refractivity contribution in [1.29, 1.82) is 0 Å². The van der Waals surface area contributed by atoms with Crippen LogP contribution in [-0.2, 0) is 6.54 Å². The highest BCUT2D eigenvalue weighted by atomic mass is 16.1. The van der Waals surface area contributed by atoms with Crippen molar-refractivity contribution in [2.75, 3.05) is 43.9 Å². The van der Waals surface area contributed by atoms with Crippen molar-refractivity contribution in [1.82, 2.24) is 24.8 Å². The first kappa shape index (κ1) is 25.5. The van der Waals surface area contributed by atoms with Gasteiger partial charge in [-0.25, -0.2) is 9.97 Å². The number of anilines is 3. The number of carbonyl (C=O) groups excluding carboxylic acids is 1. The molecule has 0 aliphatic carbocycles. The van der Waals surface area contributed by atoms with E-state index in [1.165, 1.54) is 5.56 Å². The van der Waals surface area contributed by atoms with E-state index in [2.05, 4.69) is 42.4 Å². The number of piperazine rings is 1. The van der Waals surface area contributed by atoms with Crippen molar-refractivity contribution in [3.05, 3.63) is 95.4 Å². The second kappa shape index (κ2) is 11.5. The predicted molar refractivity (Wildman–Crippen MR) is 152 cm³/mol. The van der Waals surface area contributed by atoms with Gasteiger partial charge in [0.1, 0.15) is 0 Å². The first-order chi connectivity index (χ1) is 18.4. The zero-order valence-corrected chi connectivity index (χ0v) is 22.1. The number of nitrogens with zero attached hydrogens (tertiary/aromatic N) is 5. The lowest BCUT2D eigenvalue weighted by molar-refractivity contribution is 0.102. The molecule has 0 radical (unpaired) electrons. The summed E-state index contributed by atoms with van der Waals surface area (Å²) in [6.45, 7) is 9.24. The largest absolute Gasteiger partial charge is 0.324 e. The van der Waals surface area contributed by atoms with Crippen molar-refractivity contribution in [2.24, 2.45) is 0 Å². The molecular formula is C30H33N7O. The van der Waals surface area contributed by atoms with Crippen molar-refractivity contribution >= 4 is 23.2 Å². The molecule has 3 heterocycles. The summed E-state index contributed by atoms with van der Waals surface area (Å²) in [7, 11) is 2.16. The second-order valence-electron chi connectivity index (χ2n) is 9.90. The molecule has 0 atom stereocenters. The lowest BCUT2D eigenvalue weighted by atomic mass is 10.1. The number of aromatic nitrogens is 3. The van der Waals surface area contributed by atoms with Gasteiger partial charge in [0.05, 0.1) is 5.69 Å². The van der Waals surface area contributed by atoms with Crippen LogP contribution in [0.3, 0.4) is 0 Å². The van der Waals surface area contributed by atoms with E-state index in [1.54, 1.807) is 12.4 Å². The number of aryl methyl sites for hydroxylation is 2. The van der Waals surface area contributed by atoms with Crippen LogP contribution in [0.25, 0.3) is 11.3 Å². The molecule has 1 aliphatic heterocycles. The van der Waals surface area contributed by atoms with Crippen LogP contribution in [-0.4, -0.2) is 63.9 Å². The van der Waals surface area contributed by atoms with Crippen LogP contribution in [0.15, 0.2) is 73.2 Å². The van der Waals surface area contributed by atoms with Crippen LogP contribution in [0.2, 0.25) is 0 Å². The van der Waals surface area contributed by atoms with E-state index in [9.17, 15) is 4.79 Å². The second-order valence-corrected chi connectivity index (χ2v) is 9.90. The Morgan fingerprint density at radius 3 is 2.50 bits per heavy atom. The minimum absolute atomic E-state index is 0.142. The minimum atomic E-state index is -0.142. The van der Waals surface area contributed by atoms with Crippen molar-refractivity contribution in [2.45, 2.75) is 20.4 Å². The van der Waals surface area contributed by atoms with Crippen molar-refractivity contribution in [3.63, 3.8) is 0 Å². The molecule has 8 nitrogen and oxygen atoms in total. The molecule has 194 valence electrons. The van der Waals surface area contributed by atoms with Gasteiger partial charge in [-0.15, -0.1) is 0 Å². The number of rotatable bonds is 7. The molecule has 2 aromatic heterocycles. The average molecular weight is 508 g/mol. The van der Waals surface area contributed by atoms with E-state index >= 15 is 0 Å². The van der Waals surface area contributed by atoms with Gasteiger partial charge < -0.3 is 15.5 Å². The predicted octanol–water partition coefficient (Wildman–Crippen LogP) is 4.90. The molecule has 2 aromatic carbocycles. The molecule has 5 rings (SSSR count). The van der Waals surface area contributed by atoms with Crippen molar-refractivity contribution in [3.8, 4) is 11.3 Å². The fraction of sp³-hybridized carbons (Fsp3) is 0.267. The lowest BCUT2D eigenvalue weighted by Crippen LogP contribution is -2.43. The third kappa shape index (κ3) is 6.40. The summed E-state index contributed by atoms with van der Waals surface area (Å²) in [6.07, 6.45) is 5.33. The smallest absolute Gasteiger partial charge is 0.255 e. The number of nitrogens with one attached hydrogen (secondary N) is 2. The van der Waals surface area contributed by atoms with Crippen LogP contribution in [0.1, 0.15) is 27.0 Å². The maximum atomic E-state index is 13.0. The Morgan fingerprint density at radius 1 is 0.947 bits per heavy atom. The summed E-state index contributed by atoms with van der Waals surface area (Å²) >= 11 is 0. The normalized spacial score (nSPS) is 14.3. The number of likely N-dealkylation sites (N-methyl/N-ethyl adjacent to an activating group) is 1. The van der Waals surface area contributed by atoms with E-state index in [1.807, 2.05) is 74.6 Å². The first-order valence-electron chi connectivity index (χ1n) is 12.9. The fourth-order valence-electron chi connectivity index (χ4n) is 4.46. The SMILES string of the molecule is Cc1cncc(-c2ccnc(Nc3cc(NC(=O)c4ccc(CN5CCN(C)CC5)cc4)ccc3C)n2)c1. The first-order valence-corrected chi connectivity index (χ1v) is 12.9.